The maximum atomic E-state index is 13.3. The van der Waals surface area contributed by atoms with Gasteiger partial charge in [-0.2, -0.15) is 11.3 Å². The van der Waals surface area contributed by atoms with Crippen LogP contribution in [-0.2, 0) is 0 Å². The summed E-state index contributed by atoms with van der Waals surface area (Å²) in [6, 6.07) is 2.71. The second kappa shape index (κ2) is 4.57. The number of thiophene rings is 1. The zero-order valence-corrected chi connectivity index (χ0v) is 9.39. The lowest BCUT2D eigenvalue weighted by atomic mass is 10.2. The number of nitrogens with one attached hydrogen (secondary N) is 1. The normalized spacial score (nSPS) is 12.4. The first-order chi connectivity index (χ1) is 7.66. The predicted molar refractivity (Wildman–Crippen MR) is 60.5 cm³/mol. The molecule has 1 unspecified atom stereocenters. The maximum Gasteiger partial charge on any atom is 0.168 e. The largest absolute Gasteiger partial charge is 0.361 e. The van der Waals surface area contributed by atoms with Crippen molar-refractivity contribution in [2.24, 2.45) is 0 Å². The molecule has 16 heavy (non-hydrogen) atoms. The van der Waals surface area contributed by atoms with Gasteiger partial charge in [-0.05, 0) is 29.3 Å². The molecular weight excluding hydrogens is 230 g/mol. The lowest BCUT2D eigenvalue weighted by molar-refractivity contribution is 0.574. The number of pyridine rings is 1. The highest BCUT2D eigenvalue weighted by molar-refractivity contribution is 7.07. The minimum absolute atomic E-state index is 0.0567. The SMILES string of the molecule is CC(Nc1ncc(F)cc1F)c1ccsc1. The van der Waals surface area contributed by atoms with Crippen LogP contribution in [0, 0.1) is 11.6 Å². The van der Waals surface area contributed by atoms with E-state index in [1.54, 1.807) is 11.3 Å². The molecule has 0 saturated heterocycles. The molecule has 0 bridgehead atoms. The molecule has 1 N–H and O–H groups in total. The van der Waals surface area contributed by atoms with Crippen LogP contribution >= 0.6 is 11.3 Å². The summed E-state index contributed by atoms with van der Waals surface area (Å²) in [6.07, 6.45) is 0.992. The van der Waals surface area contributed by atoms with Gasteiger partial charge in [0.05, 0.1) is 12.2 Å². The number of halogens is 2. The van der Waals surface area contributed by atoms with Gasteiger partial charge >= 0.3 is 0 Å². The Hall–Kier alpha value is -1.49. The van der Waals surface area contributed by atoms with Gasteiger partial charge < -0.3 is 5.32 Å². The average Bonchev–Trinajstić information content (AvgIpc) is 2.75. The maximum absolute atomic E-state index is 13.3. The second-order valence-corrected chi connectivity index (χ2v) is 4.19. The van der Waals surface area contributed by atoms with Crippen molar-refractivity contribution in [1.29, 1.82) is 0 Å². The fraction of sp³-hybridized carbons (Fsp3) is 0.182. The Bertz CT molecular complexity index is 471. The third kappa shape index (κ3) is 2.36. The third-order valence-electron chi connectivity index (χ3n) is 2.20. The molecule has 0 aliphatic carbocycles. The van der Waals surface area contributed by atoms with Crippen molar-refractivity contribution in [3.63, 3.8) is 0 Å². The number of hydrogen-bond acceptors (Lipinski definition) is 3. The molecule has 0 spiro atoms. The fourth-order valence-corrected chi connectivity index (χ4v) is 2.08. The fourth-order valence-electron chi connectivity index (χ4n) is 1.33. The molecule has 5 heteroatoms. The highest BCUT2D eigenvalue weighted by Crippen LogP contribution is 2.21. The monoisotopic (exact) mass is 240 g/mol. The molecule has 0 aliphatic rings. The van der Waals surface area contributed by atoms with Gasteiger partial charge in [0.15, 0.2) is 11.6 Å². The van der Waals surface area contributed by atoms with Crippen molar-refractivity contribution in [2.45, 2.75) is 13.0 Å². The van der Waals surface area contributed by atoms with Crippen LogP contribution in [-0.4, -0.2) is 4.98 Å². The highest BCUT2D eigenvalue weighted by atomic mass is 32.1. The van der Waals surface area contributed by atoms with Gasteiger partial charge in [-0.1, -0.05) is 0 Å². The van der Waals surface area contributed by atoms with Gasteiger partial charge in [0.25, 0.3) is 0 Å². The topological polar surface area (TPSA) is 24.9 Å². The molecule has 2 nitrogen and oxygen atoms in total. The van der Waals surface area contributed by atoms with Crippen LogP contribution in [0.2, 0.25) is 0 Å². The summed E-state index contributed by atoms with van der Waals surface area (Å²) in [5, 5.41) is 6.81. The van der Waals surface area contributed by atoms with Gasteiger partial charge in [-0.3, -0.25) is 0 Å². The van der Waals surface area contributed by atoms with E-state index < -0.39 is 11.6 Å². The third-order valence-corrected chi connectivity index (χ3v) is 2.91. The summed E-state index contributed by atoms with van der Waals surface area (Å²) >= 11 is 1.57. The van der Waals surface area contributed by atoms with E-state index in [-0.39, 0.29) is 11.9 Å². The van der Waals surface area contributed by atoms with E-state index in [1.165, 1.54) is 0 Å². The van der Waals surface area contributed by atoms with Crippen molar-refractivity contribution in [2.75, 3.05) is 5.32 Å². The van der Waals surface area contributed by atoms with Gasteiger partial charge in [-0.15, -0.1) is 0 Å². The summed E-state index contributed by atoms with van der Waals surface area (Å²) in [6.45, 7) is 1.90. The molecular formula is C11H10F2N2S. The molecule has 2 heterocycles. The van der Waals surface area contributed by atoms with Crippen LogP contribution in [0.3, 0.4) is 0 Å². The van der Waals surface area contributed by atoms with E-state index in [9.17, 15) is 8.78 Å². The standard InChI is InChI=1S/C11H10F2N2S/c1-7(8-2-3-16-6-8)15-11-10(13)4-9(12)5-14-11/h2-7H,1H3,(H,14,15). The lowest BCUT2D eigenvalue weighted by Crippen LogP contribution is -2.08. The van der Waals surface area contributed by atoms with E-state index in [1.807, 2.05) is 23.8 Å². The quantitative estimate of drug-likeness (QED) is 0.886. The number of nitrogens with zero attached hydrogens (tertiary/aromatic N) is 1. The molecule has 84 valence electrons. The minimum atomic E-state index is -0.679. The number of hydrogen-bond donors (Lipinski definition) is 1. The van der Waals surface area contributed by atoms with Crippen LogP contribution in [0.1, 0.15) is 18.5 Å². The predicted octanol–water partition coefficient (Wildman–Crippen LogP) is 3.59. The second-order valence-electron chi connectivity index (χ2n) is 3.41. The molecule has 0 aliphatic heterocycles. The Kier molecular flexibility index (Phi) is 3.14. The summed E-state index contributed by atoms with van der Waals surface area (Å²) in [5.74, 6) is -1.28. The molecule has 1 atom stereocenters. The molecule has 0 radical (unpaired) electrons. The van der Waals surface area contributed by atoms with Crippen molar-refractivity contribution >= 4 is 17.2 Å². The Morgan fingerprint density at radius 1 is 1.44 bits per heavy atom. The Morgan fingerprint density at radius 3 is 2.88 bits per heavy atom. The summed E-state index contributed by atoms with van der Waals surface area (Å²) in [4.78, 5) is 3.67. The molecule has 0 aromatic carbocycles. The molecule has 2 aromatic heterocycles. The van der Waals surface area contributed by atoms with Gasteiger partial charge in [0.2, 0.25) is 0 Å². The first-order valence-electron chi connectivity index (χ1n) is 4.76. The molecule has 0 saturated carbocycles. The van der Waals surface area contributed by atoms with E-state index in [2.05, 4.69) is 10.3 Å². The van der Waals surface area contributed by atoms with Crippen LogP contribution < -0.4 is 5.32 Å². The lowest BCUT2D eigenvalue weighted by Gasteiger charge is -2.13. The van der Waals surface area contributed by atoms with E-state index in [0.717, 1.165) is 17.8 Å². The van der Waals surface area contributed by atoms with Gasteiger partial charge in [-0.25, -0.2) is 13.8 Å². The van der Waals surface area contributed by atoms with E-state index in [0.29, 0.717) is 0 Å². The first kappa shape index (κ1) is 11.0. The Balaban J connectivity index is 2.15. The smallest absolute Gasteiger partial charge is 0.168 e. The van der Waals surface area contributed by atoms with Crippen molar-refractivity contribution < 1.29 is 8.78 Å². The van der Waals surface area contributed by atoms with Crippen LogP contribution in [0.4, 0.5) is 14.6 Å². The Labute approximate surface area is 96.0 Å². The zero-order chi connectivity index (χ0) is 11.5. The summed E-state index contributed by atoms with van der Waals surface area (Å²) in [5.41, 5.74) is 1.05. The molecule has 2 aromatic rings. The van der Waals surface area contributed by atoms with Crippen LogP contribution in [0.25, 0.3) is 0 Å². The number of aromatic nitrogens is 1. The molecule has 2 rings (SSSR count). The highest BCUT2D eigenvalue weighted by Gasteiger charge is 2.10. The van der Waals surface area contributed by atoms with E-state index >= 15 is 0 Å². The van der Waals surface area contributed by atoms with Crippen molar-refractivity contribution in [3.8, 4) is 0 Å². The number of rotatable bonds is 3. The molecule has 0 amide bonds. The van der Waals surface area contributed by atoms with Crippen molar-refractivity contribution in [3.05, 3.63) is 46.3 Å². The van der Waals surface area contributed by atoms with Crippen LogP contribution in [0.5, 0.6) is 0 Å². The average molecular weight is 240 g/mol. The van der Waals surface area contributed by atoms with Crippen LogP contribution in [0.15, 0.2) is 29.1 Å². The van der Waals surface area contributed by atoms with E-state index in [4.69, 9.17) is 0 Å². The number of anilines is 1. The van der Waals surface area contributed by atoms with Gasteiger partial charge in [0.1, 0.15) is 5.82 Å². The van der Waals surface area contributed by atoms with Gasteiger partial charge in [0, 0.05) is 6.07 Å². The zero-order valence-electron chi connectivity index (χ0n) is 8.58. The first-order valence-corrected chi connectivity index (χ1v) is 5.71. The Morgan fingerprint density at radius 2 is 2.25 bits per heavy atom. The van der Waals surface area contributed by atoms with Crippen molar-refractivity contribution in [1.82, 2.24) is 4.98 Å². The summed E-state index contributed by atoms with van der Waals surface area (Å²) in [7, 11) is 0. The molecule has 0 fully saturated rings. The summed E-state index contributed by atoms with van der Waals surface area (Å²) < 4.78 is 25.9. The minimum Gasteiger partial charge on any atom is -0.361 e.